The summed E-state index contributed by atoms with van der Waals surface area (Å²) in [6.07, 6.45) is 0. The third-order valence-electron chi connectivity index (χ3n) is 1.60. The van der Waals surface area contributed by atoms with Crippen molar-refractivity contribution >= 4 is 5.78 Å². The molecule has 2 nitrogen and oxygen atoms in total. The summed E-state index contributed by atoms with van der Waals surface area (Å²) in [5, 5.41) is 9.03. The fourth-order valence-electron chi connectivity index (χ4n) is 0.989. The van der Waals surface area contributed by atoms with Gasteiger partial charge in [-0.3, -0.25) is 4.79 Å². The summed E-state index contributed by atoms with van der Waals surface area (Å²) in [5.41, 5.74) is 1.49. The van der Waals surface area contributed by atoms with Crippen LogP contribution in [0.3, 0.4) is 0 Å². The van der Waals surface area contributed by atoms with E-state index < -0.39 is 0 Å². The number of benzene rings is 1. The highest BCUT2D eigenvalue weighted by molar-refractivity contribution is 5.95. The Morgan fingerprint density at radius 2 is 2.09 bits per heavy atom. The van der Waals surface area contributed by atoms with Gasteiger partial charge in [0.15, 0.2) is 5.78 Å². The molecular weight excluding hydrogens is 140 g/mol. The van der Waals surface area contributed by atoms with Gasteiger partial charge in [-0.15, -0.1) is 0 Å². The Balaban J connectivity index is 3.23. The fraction of sp³-hybridized carbons (Fsp3) is 0.222. The zero-order valence-electron chi connectivity index (χ0n) is 6.59. The number of carbonyl (C=O) groups is 1. The summed E-state index contributed by atoms with van der Waals surface area (Å²) in [7, 11) is 0. The van der Waals surface area contributed by atoms with E-state index in [0.29, 0.717) is 5.56 Å². The van der Waals surface area contributed by atoms with Gasteiger partial charge in [0.1, 0.15) is 5.75 Å². The Labute approximate surface area is 65.5 Å². The molecule has 0 fully saturated rings. The van der Waals surface area contributed by atoms with Crippen molar-refractivity contribution in [3.05, 3.63) is 29.3 Å². The zero-order valence-corrected chi connectivity index (χ0v) is 6.59. The topological polar surface area (TPSA) is 37.3 Å². The molecule has 0 aliphatic rings. The van der Waals surface area contributed by atoms with Crippen molar-refractivity contribution in [3.8, 4) is 5.75 Å². The summed E-state index contributed by atoms with van der Waals surface area (Å²) >= 11 is 0. The van der Waals surface area contributed by atoms with Gasteiger partial charge in [0.25, 0.3) is 0 Å². The number of phenolic OH excluding ortho intramolecular Hbond substituents is 1. The quantitative estimate of drug-likeness (QED) is 0.621. The van der Waals surface area contributed by atoms with E-state index in [-0.39, 0.29) is 11.5 Å². The van der Waals surface area contributed by atoms with Crippen molar-refractivity contribution in [1.82, 2.24) is 0 Å². The molecule has 11 heavy (non-hydrogen) atoms. The van der Waals surface area contributed by atoms with Gasteiger partial charge in [0.2, 0.25) is 0 Å². The molecular formula is C9H10O2. The van der Waals surface area contributed by atoms with Crippen LogP contribution in [0.5, 0.6) is 5.75 Å². The van der Waals surface area contributed by atoms with E-state index >= 15 is 0 Å². The number of rotatable bonds is 1. The van der Waals surface area contributed by atoms with E-state index in [0.717, 1.165) is 5.56 Å². The predicted octanol–water partition coefficient (Wildman–Crippen LogP) is 1.90. The van der Waals surface area contributed by atoms with Gasteiger partial charge in [-0.25, -0.2) is 0 Å². The number of hydrogen-bond acceptors (Lipinski definition) is 2. The highest BCUT2D eigenvalue weighted by atomic mass is 16.3. The van der Waals surface area contributed by atoms with Crippen molar-refractivity contribution in [3.63, 3.8) is 0 Å². The van der Waals surface area contributed by atoms with Crippen LogP contribution in [-0.2, 0) is 0 Å². The minimum absolute atomic E-state index is 0.0154. The second-order valence-electron chi connectivity index (χ2n) is 2.56. The van der Waals surface area contributed by atoms with Crippen LogP contribution in [0.1, 0.15) is 22.8 Å². The summed E-state index contributed by atoms with van der Waals surface area (Å²) in [5.74, 6) is 0.124. The van der Waals surface area contributed by atoms with Crippen molar-refractivity contribution < 1.29 is 9.90 Å². The Hall–Kier alpha value is -1.31. The van der Waals surface area contributed by atoms with Gasteiger partial charge in [0.05, 0.1) is 0 Å². The maximum absolute atomic E-state index is 10.9. The normalized spacial score (nSPS) is 9.64. The lowest BCUT2D eigenvalue weighted by molar-refractivity contribution is 0.101. The van der Waals surface area contributed by atoms with E-state index in [1.165, 1.54) is 13.0 Å². The Morgan fingerprint density at radius 3 is 2.55 bits per heavy atom. The number of aryl methyl sites for hydroxylation is 1. The van der Waals surface area contributed by atoms with Crippen LogP contribution in [0, 0.1) is 6.92 Å². The number of ketones is 1. The van der Waals surface area contributed by atoms with Gasteiger partial charge in [-0.05, 0) is 31.5 Å². The minimum atomic E-state index is -0.0154. The molecule has 1 rings (SSSR count). The first kappa shape index (κ1) is 7.79. The van der Waals surface area contributed by atoms with Gasteiger partial charge < -0.3 is 5.11 Å². The molecule has 1 aromatic rings. The Bertz CT molecular complexity index is 290. The molecule has 0 heterocycles. The van der Waals surface area contributed by atoms with E-state index in [4.69, 9.17) is 5.11 Å². The molecule has 0 aliphatic heterocycles. The minimum Gasteiger partial charge on any atom is -0.508 e. The Kier molecular flexibility index (Phi) is 1.94. The first-order chi connectivity index (χ1) is 5.11. The van der Waals surface area contributed by atoms with Crippen molar-refractivity contribution in [2.24, 2.45) is 0 Å². The van der Waals surface area contributed by atoms with E-state index in [2.05, 4.69) is 0 Å². The summed E-state index contributed by atoms with van der Waals surface area (Å²) in [4.78, 5) is 10.9. The van der Waals surface area contributed by atoms with Crippen LogP contribution in [0.15, 0.2) is 18.2 Å². The van der Waals surface area contributed by atoms with Gasteiger partial charge >= 0.3 is 0 Å². The first-order valence-corrected chi connectivity index (χ1v) is 3.42. The highest BCUT2D eigenvalue weighted by Gasteiger charge is 2.03. The fourth-order valence-corrected chi connectivity index (χ4v) is 0.989. The number of carbonyl (C=O) groups excluding carboxylic acids is 1. The number of Topliss-reactive ketones (excluding diaryl/α,β-unsaturated/α-hetero) is 1. The smallest absolute Gasteiger partial charge is 0.160 e. The zero-order chi connectivity index (χ0) is 8.43. The molecule has 0 saturated heterocycles. The second-order valence-corrected chi connectivity index (χ2v) is 2.56. The number of aromatic hydroxyl groups is 1. The summed E-state index contributed by atoms with van der Waals surface area (Å²) in [6, 6.07) is 4.78. The molecule has 0 aromatic heterocycles. The van der Waals surface area contributed by atoms with Crippen molar-refractivity contribution in [1.29, 1.82) is 0 Å². The average molecular weight is 150 g/mol. The highest BCUT2D eigenvalue weighted by Crippen LogP contribution is 2.15. The third-order valence-corrected chi connectivity index (χ3v) is 1.60. The Morgan fingerprint density at radius 1 is 1.45 bits per heavy atom. The SMILES string of the molecule is CC(=O)c1cc(O)ccc1C. The standard InChI is InChI=1S/C9H10O2/c1-6-3-4-8(11)5-9(6)7(2)10/h3-5,11H,1-2H3. The van der Waals surface area contributed by atoms with Crippen LogP contribution in [0.25, 0.3) is 0 Å². The molecule has 0 atom stereocenters. The number of hydrogen-bond donors (Lipinski definition) is 1. The van der Waals surface area contributed by atoms with Crippen LogP contribution < -0.4 is 0 Å². The van der Waals surface area contributed by atoms with Crippen LogP contribution in [0.4, 0.5) is 0 Å². The molecule has 0 amide bonds. The van der Waals surface area contributed by atoms with E-state index in [1.54, 1.807) is 12.1 Å². The molecule has 0 radical (unpaired) electrons. The summed E-state index contributed by atoms with van der Waals surface area (Å²) < 4.78 is 0. The average Bonchev–Trinajstić information content (AvgIpc) is 1.94. The van der Waals surface area contributed by atoms with Crippen molar-refractivity contribution in [2.75, 3.05) is 0 Å². The van der Waals surface area contributed by atoms with Gasteiger partial charge in [-0.1, -0.05) is 6.07 Å². The molecule has 58 valence electrons. The van der Waals surface area contributed by atoms with E-state index in [1.807, 2.05) is 6.92 Å². The van der Waals surface area contributed by atoms with Crippen LogP contribution in [-0.4, -0.2) is 10.9 Å². The maximum Gasteiger partial charge on any atom is 0.160 e. The second kappa shape index (κ2) is 2.74. The first-order valence-electron chi connectivity index (χ1n) is 3.42. The summed E-state index contributed by atoms with van der Waals surface area (Å²) in [6.45, 7) is 3.33. The molecule has 1 N–H and O–H groups in total. The third kappa shape index (κ3) is 1.58. The van der Waals surface area contributed by atoms with Gasteiger partial charge in [-0.2, -0.15) is 0 Å². The molecule has 0 unspecified atom stereocenters. The largest absolute Gasteiger partial charge is 0.508 e. The molecule has 2 heteroatoms. The lowest BCUT2D eigenvalue weighted by atomic mass is 10.1. The van der Waals surface area contributed by atoms with Gasteiger partial charge in [0, 0.05) is 5.56 Å². The molecule has 0 aliphatic carbocycles. The monoisotopic (exact) mass is 150 g/mol. The molecule has 0 bridgehead atoms. The van der Waals surface area contributed by atoms with Crippen molar-refractivity contribution in [2.45, 2.75) is 13.8 Å². The number of phenols is 1. The lowest BCUT2D eigenvalue weighted by Gasteiger charge is -2.00. The van der Waals surface area contributed by atoms with Crippen LogP contribution >= 0.6 is 0 Å². The lowest BCUT2D eigenvalue weighted by Crippen LogP contribution is -1.94. The van der Waals surface area contributed by atoms with Crippen LogP contribution in [0.2, 0.25) is 0 Å². The molecule has 1 aromatic carbocycles. The maximum atomic E-state index is 10.9. The van der Waals surface area contributed by atoms with E-state index in [9.17, 15) is 4.79 Å². The molecule has 0 spiro atoms. The molecule has 0 saturated carbocycles. The predicted molar refractivity (Wildman–Crippen MR) is 42.8 cm³/mol.